The first kappa shape index (κ1) is 11.3. The molecule has 0 aliphatic heterocycles. The summed E-state index contributed by atoms with van der Waals surface area (Å²) in [6, 6.07) is 8.46. The van der Waals surface area contributed by atoms with Crippen LogP contribution in [0.2, 0.25) is 0 Å². The number of likely N-dealkylation sites (N-methyl/N-ethyl adjacent to an activating group) is 1. The molecule has 0 unspecified atom stereocenters. The van der Waals surface area contributed by atoms with Crippen LogP contribution < -0.4 is 0 Å². The first-order valence-corrected chi connectivity index (χ1v) is 5.97. The Morgan fingerprint density at radius 2 is 2.06 bits per heavy atom. The molecule has 0 amide bonds. The van der Waals surface area contributed by atoms with E-state index in [4.69, 9.17) is 0 Å². The highest BCUT2D eigenvalue weighted by Gasteiger charge is 2.23. The van der Waals surface area contributed by atoms with Crippen molar-refractivity contribution in [1.29, 1.82) is 0 Å². The van der Waals surface area contributed by atoms with Crippen molar-refractivity contribution in [3.05, 3.63) is 35.4 Å². The van der Waals surface area contributed by atoms with Gasteiger partial charge in [0.25, 0.3) is 0 Å². The number of hydrogen-bond acceptors (Lipinski definition) is 2. The summed E-state index contributed by atoms with van der Waals surface area (Å²) in [5.41, 5.74) is 1.95. The van der Waals surface area contributed by atoms with Crippen LogP contribution in [0, 0.1) is 6.92 Å². The van der Waals surface area contributed by atoms with E-state index in [0.29, 0.717) is 12.6 Å². The molecule has 0 heterocycles. The number of rotatable bonds is 4. The van der Waals surface area contributed by atoms with Crippen LogP contribution >= 0.6 is 0 Å². The average molecular weight is 217 g/mol. The third kappa shape index (κ3) is 2.33. The Balaban J connectivity index is 2.00. The van der Waals surface area contributed by atoms with Gasteiger partial charge in [0.05, 0.1) is 6.54 Å². The summed E-state index contributed by atoms with van der Waals surface area (Å²) >= 11 is 0. The monoisotopic (exact) mass is 217 g/mol. The van der Waals surface area contributed by atoms with Crippen LogP contribution in [0.15, 0.2) is 24.3 Å². The van der Waals surface area contributed by atoms with E-state index in [1.165, 1.54) is 19.3 Å². The van der Waals surface area contributed by atoms with Gasteiger partial charge < -0.3 is 0 Å². The second-order valence-electron chi connectivity index (χ2n) is 4.74. The molecule has 1 fully saturated rings. The molecule has 2 heteroatoms. The molecular formula is C14H19NO. The van der Waals surface area contributed by atoms with Gasteiger partial charge in [-0.05, 0) is 32.4 Å². The molecule has 0 N–H and O–H groups in total. The minimum absolute atomic E-state index is 0.243. The van der Waals surface area contributed by atoms with Crippen LogP contribution in [0.4, 0.5) is 0 Å². The Bertz CT molecular complexity index is 382. The van der Waals surface area contributed by atoms with Crippen molar-refractivity contribution >= 4 is 5.78 Å². The minimum atomic E-state index is 0.243. The molecule has 0 bridgehead atoms. The summed E-state index contributed by atoms with van der Waals surface area (Å²) in [6.07, 6.45) is 3.81. The Morgan fingerprint density at radius 3 is 2.62 bits per heavy atom. The number of carbonyl (C=O) groups is 1. The number of benzene rings is 1. The van der Waals surface area contributed by atoms with Gasteiger partial charge in [-0.25, -0.2) is 0 Å². The molecular weight excluding hydrogens is 198 g/mol. The molecule has 0 spiro atoms. The number of Topliss-reactive ketones (excluding diaryl/α,β-unsaturated/α-hetero) is 1. The fourth-order valence-corrected chi connectivity index (χ4v) is 2.15. The minimum Gasteiger partial charge on any atom is -0.296 e. The van der Waals surface area contributed by atoms with Crippen molar-refractivity contribution < 1.29 is 4.79 Å². The number of carbonyl (C=O) groups excluding carboxylic acids is 1. The summed E-state index contributed by atoms with van der Waals surface area (Å²) < 4.78 is 0. The van der Waals surface area contributed by atoms with Crippen LogP contribution in [-0.2, 0) is 0 Å². The lowest BCUT2D eigenvalue weighted by molar-refractivity contribution is 0.0870. The fourth-order valence-electron chi connectivity index (χ4n) is 2.15. The van der Waals surface area contributed by atoms with E-state index in [-0.39, 0.29) is 5.78 Å². The van der Waals surface area contributed by atoms with E-state index in [9.17, 15) is 4.79 Å². The number of ketones is 1. The smallest absolute Gasteiger partial charge is 0.177 e. The van der Waals surface area contributed by atoms with E-state index >= 15 is 0 Å². The third-order valence-corrected chi connectivity index (χ3v) is 3.54. The SMILES string of the molecule is Cc1ccccc1C(=O)CN(C)C1CCC1. The zero-order valence-corrected chi connectivity index (χ0v) is 10.1. The molecule has 0 atom stereocenters. The van der Waals surface area contributed by atoms with Crippen LogP contribution in [0.25, 0.3) is 0 Å². The highest BCUT2D eigenvalue weighted by molar-refractivity contribution is 5.98. The fraction of sp³-hybridized carbons (Fsp3) is 0.500. The van der Waals surface area contributed by atoms with Crippen molar-refractivity contribution in [3.63, 3.8) is 0 Å². The molecule has 1 aliphatic carbocycles. The highest BCUT2D eigenvalue weighted by Crippen LogP contribution is 2.23. The number of nitrogens with zero attached hydrogens (tertiary/aromatic N) is 1. The molecule has 2 rings (SSSR count). The number of hydrogen-bond donors (Lipinski definition) is 0. The summed E-state index contributed by atoms with van der Waals surface area (Å²) in [4.78, 5) is 14.3. The van der Waals surface area contributed by atoms with Gasteiger partial charge in [-0.15, -0.1) is 0 Å². The Kier molecular flexibility index (Phi) is 3.39. The zero-order valence-electron chi connectivity index (χ0n) is 10.1. The lowest BCUT2D eigenvalue weighted by Gasteiger charge is -2.34. The van der Waals surface area contributed by atoms with Crippen LogP contribution in [-0.4, -0.2) is 30.3 Å². The maximum Gasteiger partial charge on any atom is 0.177 e. The summed E-state index contributed by atoms with van der Waals surface area (Å²) in [5.74, 6) is 0.243. The molecule has 0 aromatic heterocycles. The second-order valence-corrected chi connectivity index (χ2v) is 4.74. The normalized spacial score (nSPS) is 16.2. The Labute approximate surface area is 97.3 Å². The van der Waals surface area contributed by atoms with E-state index in [2.05, 4.69) is 11.9 Å². The maximum atomic E-state index is 12.1. The Morgan fingerprint density at radius 1 is 1.38 bits per heavy atom. The quantitative estimate of drug-likeness (QED) is 0.723. The first-order valence-electron chi connectivity index (χ1n) is 5.97. The van der Waals surface area contributed by atoms with Gasteiger partial charge in [0.1, 0.15) is 0 Å². The van der Waals surface area contributed by atoms with Crippen LogP contribution in [0.5, 0.6) is 0 Å². The average Bonchev–Trinajstić information content (AvgIpc) is 2.15. The van der Waals surface area contributed by atoms with E-state index in [0.717, 1.165) is 11.1 Å². The molecule has 0 radical (unpaired) electrons. The summed E-state index contributed by atoms with van der Waals surface area (Å²) in [7, 11) is 2.06. The van der Waals surface area contributed by atoms with Gasteiger partial charge in [0.2, 0.25) is 0 Å². The molecule has 2 nitrogen and oxygen atoms in total. The predicted molar refractivity (Wildman–Crippen MR) is 65.8 cm³/mol. The molecule has 1 aliphatic rings. The Hall–Kier alpha value is -1.15. The van der Waals surface area contributed by atoms with Gasteiger partial charge in [-0.3, -0.25) is 9.69 Å². The van der Waals surface area contributed by atoms with Crippen molar-refractivity contribution in [2.24, 2.45) is 0 Å². The standard InChI is InChI=1S/C14H19NO/c1-11-6-3-4-9-13(11)14(16)10-15(2)12-7-5-8-12/h3-4,6,9,12H,5,7-8,10H2,1-2H3. The van der Waals surface area contributed by atoms with Crippen LogP contribution in [0.1, 0.15) is 35.2 Å². The lowest BCUT2D eigenvalue weighted by atomic mass is 9.91. The van der Waals surface area contributed by atoms with Crippen molar-refractivity contribution in [3.8, 4) is 0 Å². The maximum absolute atomic E-state index is 12.1. The number of aryl methyl sites for hydroxylation is 1. The molecule has 16 heavy (non-hydrogen) atoms. The van der Waals surface area contributed by atoms with Gasteiger partial charge in [0, 0.05) is 11.6 Å². The summed E-state index contributed by atoms with van der Waals surface area (Å²) in [6.45, 7) is 2.55. The lowest BCUT2D eigenvalue weighted by Crippen LogP contribution is -2.40. The first-order chi connectivity index (χ1) is 7.68. The third-order valence-electron chi connectivity index (χ3n) is 3.54. The summed E-state index contributed by atoms with van der Waals surface area (Å²) in [5, 5.41) is 0. The van der Waals surface area contributed by atoms with E-state index in [1.54, 1.807) is 0 Å². The molecule has 0 saturated heterocycles. The van der Waals surface area contributed by atoms with Gasteiger partial charge >= 0.3 is 0 Å². The highest BCUT2D eigenvalue weighted by atomic mass is 16.1. The van der Waals surface area contributed by atoms with Gasteiger partial charge in [0.15, 0.2) is 5.78 Å². The van der Waals surface area contributed by atoms with Crippen molar-refractivity contribution in [2.75, 3.05) is 13.6 Å². The van der Waals surface area contributed by atoms with Crippen molar-refractivity contribution in [2.45, 2.75) is 32.2 Å². The molecule has 1 aromatic carbocycles. The van der Waals surface area contributed by atoms with Crippen molar-refractivity contribution in [1.82, 2.24) is 4.90 Å². The van der Waals surface area contributed by atoms with E-state index < -0.39 is 0 Å². The molecule has 1 saturated carbocycles. The molecule has 1 aromatic rings. The van der Waals surface area contributed by atoms with Gasteiger partial charge in [-0.2, -0.15) is 0 Å². The molecule has 86 valence electrons. The van der Waals surface area contributed by atoms with Crippen LogP contribution in [0.3, 0.4) is 0 Å². The van der Waals surface area contributed by atoms with E-state index in [1.807, 2.05) is 31.2 Å². The largest absolute Gasteiger partial charge is 0.296 e. The topological polar surface area (TPSA) is 20.3 Å². The zero-order chi connectivity index (χ0) is 11.5. The predicted octanol–water partition coefficient (Wildman–Crippen LogP) is 2.66. The van der Waals surface area contributed by atoms with Gasteiger partial charge in [-0.1, -0.05) is 30.7 Å². The second kappa shape index (κ2) is 4.79.